The zero-order valence-corrected chi connectivity index (χ0v) is 19.9. The van der Waals surface area contributed by atoms with Crippen molar-refractivity contribution in [2.75, 3.05) is 38.7 Å². The molecule has 1 unspecified atom stereocenters. The number of hydrogen-bond acceptors (Lipinski definition) is 9. The van der Waals surface area contributed by atoms with Gasteiger partial charge in [-0.25, -0.2) is 0 Å². The molecule has 9 heteroatoms. The number of phenols is 1. The number of nitrogens with zero attached hydrogens (tertiary/aromatic N) is 3. The molecule has 1 aromatic carbocycles. The maximum Gasteiger partial charge on any atom is 0.309 e. The van der Waals surface area contributed by atoms with Crippen molar-refractivity contribution in [1.82, 2.24) is 15.1 Å². The fourth-order valence-electron chi connectivity index (χ4n) is 4.30. The SMILES string of the molecule is CCOC(=O)C(C)CN1CCC[C@@H](Nc2nnc(-c3ccc(OC)cc3O)c(C)c2CN)C1. The first-order valence-electron chi connectivity index (χ1n) is 11.5. The van der Waals surface area contributed by atoms with Crippen LogP contribution in [0.15, 0.2) is 18.2 Å². The molecule has 0 amide bonds. The van der Waals surface area contributed by atoms with Gasteiger partial charge in [0.05, 0.1) is 19.6 Å². The van der Waals surface area contributed by atoms with Crippen LogP contribution in [-0.2, 0) is 16.1 Å². The first kappa shape index (κ1) is 24.7. The second-order valence-electron chi connectivity index (χ2n) is 8.48. The highest BCUT2D eigenvalue weighted by molar-refractivity contribution is 5.73. The standard InChI is InChI=1S/C24H35N5O4/c1-5-33-24(31)15(2)13-29-10-6-7-17(14-29)26-23-20(12-25)16(3)22(27-28-23)19-9-8-18(32-4)11-21(19)30/h8-9,11,15,17,30H,5-7,10,12-14,25H2,1-4H3,(H,26,28)/t15?,17-/m1/s1. The van der Waals surface area contributed by atoms with Crippen LogP contribution in [0.25, 0.3) is 11.3 Å². The van der Waals surface area contributed by atoms with Crippen LogP contribution in [0.4, 0.5) is 5.82 Å². The van der Waals surface area contributed by atoms with E-state index in [-0.39, 0.29) is 23.7 Å². The van der Waals surface area contributed by atoms with Crippen molar-refractivity contribution in [1.29, 1.82) is 0 Å². The van der Waals surface area contributed by atoms with Gasteiger partial charge in [-0.2, -0.15) is 0 Å². The Balaban J connectivity index is 1.74. The molecule has 2 atom stereocenters. The lowest BCUT2D eigenvalue weighted by Crippen LogP contribution is -2.45. The van der Waals surface area contributed by atoms with Crippen LogP contribution in [0, 0.1) is 12.8 Å². The fraction of sp³-hybridized carbons (Fsp3) is 0.542. The number of benzene rings is 1. The molecule has 180 valence electrons. The Hall–Kier alpha value is -2.91. The van der Waals surface area contributed by atoms with Gasteiger partial charge >= 0.3 is 5.97 Å². The van der Waals surface area contributed by atoms with Crippen molar-refractivity contribution in [2.24, 2.45) is 11.7 Å². The third-order valence-electron chi connectivity index (χ3n) is 6.08. The van der Waals surface area contributed by atoms with Crippen LogP contribution >= 0.6 is 0 Å². The number of anilines is 1. The molecule has 0 saturated carbocycles. The smallest absolute Gasteiger partial charge is 0.309 e. The van der Waals surface area contributed by atoms with Gasteiger partial charge in [0.25, 0.3) is 0 Å². The lowest BCUT2D eigenvalue weighted by atomic mass is 10.0. The molecule has 2 heterocycles. The number of carbonyl (C=O) groups is 1. The van der Waals surface area contributed by atoms with Crippen molar-refractivity contribution in [3.8, 4) is 22.8 Å². The van der Waals surface area contributed by atoms with Gasteiger partial charge < -0.3 is 30.5 Å². The molecule has 33 heavy (non-hydrogen) atoms. The molecule has 3 rings (SSSR count). The summed E-state index contributed by atoms with van der Waals surface area (Å²) in [4.78, 5) is 14.3. The molecule has 0 bridgehead atoms. The van der Waals surface area contributed by atoms with Crippen LogP contribution in [0.3, 0.4) is 0 Å². The lowest BCUT2D eigenvalue weighted by Gasteiger charge is -2.34. The number of methoxy groups -OCH3 is 1. The molecule has 4 N–H and O–H groups in total. The van der Waals surface area contributed by atoms with Gasteiger partial charge in [0.15, 0.2) is 5.82 Å². The van der Waals surface area contributed by atoms with E-state index in [0.29, 0.717) is 42.5 Å². The van der Waals surface area contributed by atoms with Gasteiger partial charge in [0, 0.05) is 42.9 Å². The quantitative estimate of drug-likeness (QED) is 0.488. The number of ether oxygens (including phenoxy) is 2. The van der Waals surface area contributed by atoms with Crippen LogP contribution in [-0.4, -0.2) is 65.6 Å². The summed E-state index contributed by atoms with van der Waals surface area (Å²) in [7, 11) is 1.55. The van der Waals surface area contributed by atoms with Gasteiger partial charge in [-0.05, 0) is 50.9 Å². The summed E-state index contributed by atoms with van der Waals surface area (Å²) in [6.07, 6.45) is 2.02. The van der Waals surface area contributed by atoms with E-state index >= 15 is 0 Å². The summed E-state index contributed by atoms with van der Waals surface area (Å²) >= 11 is 0. The molecular formula is C24H35N5O4. The van der Waals surface area contributed by atoms with E-state index in [0.717, 1.165) is 37.1 Å². The number of aromatic hydroxyl groups is 1. The van der Waals surface area contributed by atoms with E-state index in [1.807, 2.05) is 20.8 Å². The van der Waals surface area contributed by atoms with Gasteiger partial charge in [0.2, 0.25) is 0 Å². The largest absolute Gasteiger partial charge is 0.507 e. The molecule has 1 saturated heterocycles. The molecule has 9 nitrogen and oxygen atoms in total. The number of piperidine rings is 1. The van der Waals surface area contributed by atoms with Gasteiger partial charge in [-0.3, -0.25) is 4.79 Å². The molecule has 2 aromatic rings. The lowest BCUT2D eigenvalue weighted by molar-refractivity contribution is -0.148. The highest BCUT2D eigenvalue weighted by Crippen LogP contribution is 2.35. The Bertz CT molecular complexity index is 968. The number of hydrogen-bond donors (Lipinski definition) is 3. The zero-order chi connectivity index (χ0) is 24.0. The molecule has 0 aliphatic carbocycles. The number of carbonyl (C=O) groups excluding carboxylic acids is 1. The highest BCUT2D eigenvalue weighted by Gasteiger charge is 2.25. The number of phenolic OH excluding ortho intramolecular Hbond substituents is 1. The van der Waals surface area contributed by atoms with Gasteiger partial charge in [-0.1, -0.05) is 6.92 Å². The average Bonchev–Trinajstić information content (AvgIpc) is 2.80. The summed E-state index contributed by atoms with van der Waals surface area (Å²) in [5.74, 6) is 0.989. The van der Waals surface area contributed by atoms with E-state index in [4.69, 9.17) is 15.2 Å². The minimum Gasteiger partial charge on any atom is -0.507 e. The molecule has 0 spiro atoms. The number of nitrogens with two attached hydrogens (primary N) is 1. The normalized spacial score (nSPS) is 17.4. The fourth-order valence-corrected chi connectivity index (χ4v) is 4.30. The van der Waals surface area contributed by atoms with Crippen molar-refractivity contribution >= 4 is 11.8 Å². The Morgan fingerprint density at radius 3 is 2.85 bits per heavy atom. The molecule has 1 fully saturated rings. The third kappa shape index (κ3) is 5.91. The highest BCUT2D eigenvalue weighted by atomic mass is 16.5. The molecule has 1 aliphatic rings. The van der Waals surface area contributed by atoms with E-state index in [1.165, 1.54) is 0 Å². The summed E-state index contributed by atoms with van der Waals surface area (Å²) in [6.45, 7) is 8.79. The predicted octanol–water partition coefficient (Wildman–Crippen LogP) is 2.70. The summed E-state index contributed by atoms with van der Waals surface area (Å²) in [5.41, 5.74) is 9.01. The van der Waals surface area contributed by atoms with E-state index < -0.39 is 0 Å². The molecule has 1 aliphatic heterocycles. The summed E-state index contributed by atoms with van der Waals surface area (Å²) < 4.78 is 10.3. The summed E-state index contributed by atoms with van der Waals surface area (Å²) in [5, 5.41) is 22.8. The number of likely N-dealkylation sites (tertiary alicyclic amines) is 1. The number of aromatic nitrogens is 2. The first-order valence-corrected chi connectivity index (χ1v) is 11.5. The Morgan fingerprint density at radius 1 is 1.39 bits per heavy atom. The maximum absolute atomic E-state index is 12.0. The van der Waals surface area contributed by atoms with E-state index in [2.05, 4.69) is 20.4 Å². The minimum absolute atomic E-state index is 0.0778. The Labute approximate surface area is 195 Å². The van der Waals surface area contributed by atoms with Crippen LogP contribution in [0.5, 0.6) is 11.5 Å². The molecule has 1 aromatic heterocycles. The third-order valence-corrected chi connectivity index (χ3v) is 6.08. The Morgan fingerprint density at radius 2 is 2.18 bits per heavy atom. The topological polar surface area (TPSA) is 123 Å². The van der Waals surface area contributed by atoms with Crippen molar-refractivity contribution < 1.29 is 19.4 Å². The van der Waals surface area contributed by atoms with Gasteiger partial charge in [-0.15, -0.1) is 10.2 Å². The zero-order valence-electron chi connectivity index (χ0n) is 19.9. The van der Waals surface area contributed by atoms with Gasteiger partial charge in [0.1, 0.15) is 17.2 Å². The van der Waals surface area contributed by atoms with Crippen molar-refractivity contribution in [3.05, 3.63) is 29.3 Å². The average molecular weight is 458 g/mol. The van der Waals surface area contributed by atoms with Crippen molar-refractivity contribution in [3.63, 3.8) is 0 Å². The minimum atomic E-state index is -0.165. The Kier molecular flexibility index (Phi) is 8.46. The second-order valence-corrected chi connectivity index (χ2v) is 8.48. The van der Waals surface area contributed by atoms with Crippen LogP contribution in [0.2, 0.25) is 0 Å². The molecular weight excluding hydrogens is 422 g/mol. The maximum atomic E-state index is 12.0. The van der Waals surface area contributed by atoms with E-state index in [9.17, 15) is 9.90 Å². The molecule has 0 radical (unpaired) electrons. The predicted molar refractivity (Wildman–Crippen MR) is 127 cm³/mol. The summed E-state index contributed by atoms with van der Waals surface area (Å²) in [6, 6.07) is 5.27. The number of rotatable bonds is 9. The number of esters is 1. The monoisotopic (exact) mass is 457 g/mol. The van der Waals surface area contributed by atoms with Crippen molar-refractivity contribution in [2.45, 2.75) is 46.2 Å². The number of nitrogens with one attached hydrogen (secondary N) is 1. The van der Waals surface area contributed by atoms with E-state index in [1.54, 1.807) is 25.3 Å². The van der Waals surface area contributed by atoms with Crippen LogP contribution < -0.4 is 15.8 Å². The first-order chi connectivity index (χ1) is 15.9. The van der Waals surface area contributed by atoms with Crippen LogP contribution in [0.1, 0.15) is 37.8 Å². The second kappa shape index (κ2) is 11.3.